The average molecular weight is 391 g/mol. The van der Waals surface area contributed by atoms with E-state index in [1.54, 1.807) is 6.08 Å². The fourth-order valence-electron chi connectivity index (χ4n) is 3.14. The zero-order chi connectivity index (χ0) is 19.9. The van der Waals surface area contributed by atoms with E-state index in [2.05, 4.69) is 18.5 Å². The molecule has 1 aromatic rings. The zero-order valence-corrected chi connectivity index (χ0v) is 15.4. The number of ether oxygens (including phenoxy) is 5. The minimum Gasteiger partial charge on any atom is -0.445 e. The van der Waals surface area contributed by atoms with Crippen molar-refractivity contribution < 1.29 is 33.6 Å². The van der Waals surface area contributed by atoms with E-state index in [9.17, 15) is 9.90 Å². The van der Waals surface area contributed by atoms with Gasteiger partial charge in [0.25, 0.3) is 0 Å². The van der Waals surface area contributed by atoms with Crippen LogP contribution in [0.1, 0.15) is 11.9 Å². The van der Waals surface area contributed by atoms with Crippen molar-refractivity contribution in [2.75, 3.05) is 19.8 Å². The summed E-state index contributed by atoms with van der Waals surface area (Å²) in [6.45, 7) is 7.53. The van der Waals surface area contributed by atoms with E-state index in [4.69, 9.17) is 23.7 Å². The molecule has 2 aliphatic heterocycles. The summed E-state index contributed by atoms with van der Waals surface area (Å²) in [6.07, 6.45) is -1.63. The molecule has 8 nitrogen and oxygen atoms in total. The molecule has 0 radical (unpaired) electrons. The Hall–Kier alpha value is -2.23. The summed E-state index contributed by atoms with van der Waals surface area (Å²) in [7, 11) is 0. The van der Waals surface area contributed by atoms with E-state index < -0.39 is 43.0 Å². The number of rotatable bonds is 7. The molecule has 0 saturated carbocycles. The maximum Gasteiger partial charge on any atom is 0.407 e. The predicted octanol–water partition coefficient (Wildman–Crippen LogP) is 1.67. The van der Waals surface area contributed by atoms with Crippen LogP contribution in [0.3, 0.4) is 0 Å². The second-order valence-corrected chi connectivity index (χ2v) is 6.39. The Morgan fingerprint density at radius 2 is 1.96 bits per heavy atom. The van der Waals surface area contributed by atoms with E-state index in [-0.39, 0.29) is 19.8 Å². The molecule has 1 aromatic carbocycles. The largest absolute Gasteiger partial charge is 0.445 e. The Morgan fingerprint density at radius 1 is 1.21 bits per heavy atom. The summed E-state index contributed by atoms with van der Waals surface area (Å²) in [6, 6.07) is 8.50. The first-order valence-corrected chi connectivity index (χ1v) is 9.06. The van der Waals surface area contributed by atoms with Gasteiger partial charge in [-0.3, -0.25) is 0 Å². The quantitative estimate of drug-likeness (QED) is 0.683. The predicted molar refractivity (Wildman–Crippen MR) is 99.3 cm³/mol. The summed E-state index contributed by atoms with van der Waals surface area (Å²) in [5.74, 6) is 0. The molecular formula is C20H25NO7. The molecule has 2 N–H and O–H groups in total. The molecule has 2 aliphatic rings. The lowest BCUT2D eigenvalue weighted by atomic mass is 9.96. The minimum absolute atomic E-state index is 0.0418. The van der Waals surface area contributed by atoms with Crippen molar-refractivity contribution >= 4 is 6.09 Å². The third kappa shape index (κ3) is 4.78. The standard InChI is InChI=1S/C20H25NO7/c1-3-10-24-19-15(21-20(23)25-11-4-2)16(22)17-14(27-19)12-26-18(28-17)13-8-6-5-7-9-13/h3-9,14-19,22H,1-2,10-12H2,(H,21,23)/t14-,15-,16-,17-,18?,19+/m1/s1. The van der Waals surface area contributed by atoms with Gasteiger partial charge in [-0.15, -0.1) is 6.58 Å². The van der Waals surface area contributed by atoms with Gasteiger partial charge in [0.15, 0.2) is 12.6 Å². The molecule has 1 amide bonds. The number of alkyl carbamates (subject to hydrolysis) is 1. The number of nitrogens with one attached hydrogen (secondary N) is 1. The van der Waals surface area contributed by atoms with Crippen LogP contribution in [0.25, 0.3) is 0 Å². The first-order chi connectivity index (χ1) is 13.6. The zero-order valence-electron chi connectivity index (χ0n) is 15.4. The van der Waals surface area contributed by atoms with Crippen molar-refractivity contribution in [1.82, 2.24) is 5.32 Å². The van der Waals surface area contributed by atoms with Crippen LogP contribution in [0.2, 0.25) is 0 Å². The highest BCUT2D eigenvalue weighted by Gasteiger charge is 2.50. The first kappa shape index (κ1) is 20.5. The summed E-state index contributed by atoms with van der Waals surface area (Å²) in [5.41, 5.74) is 0.827. The molecule has 3 rings (SSSR count). The van der Waals surface area contributed by atoms with Crippen LogP contribution in [0.15, 0.2) is 55.6 Å². The molecule has 2 heterocycles. The number of aliphatic hydroxyl groups is 1. The highest BCUT2D eigenvalue weighted by Crippen LogP contribution is 2.34. The number of fused-ring (bicyclic) bond motifs is 1. The van der Waals surface area contributed by atoms with Crippen molar-refractivity contribution in [3.8, 4) is 0 Å². The molecule has 1 unspecified atom stereocenters. The average Bonchev–Trinajstić information content (AvgIpc) is 2.73. The molecule has 0 aromatic heterocycles. The van der Waals surface area contributed by atoms with Crippen molar-refractivity contribution in [3.63, 3.8) is 0 Å². The van der Waals surface area contributed by atoms with E-state index in [1.165, 1.54) is 6.08 Å². The van der Waals surface area contributed by atoms with Gasteiger partial charge in [-0.1, -0.05) is 49.1 Å². The van der Waals surface area contributed by atoms with Gasteiger partial charge in [0.1, 0.15) is 31.0 Å². The monoisotopic (exact) mass is 391 g/mol. The lowest BCUT2D eigenvalue weighted by Gasteiger charge is -2.47. The summed E-state index contributed by atoms with van der Waals surface area (Å²) < 4.78 is 28.1. The second-order valence-electron chi connectivity index (χ2n) is 6.39. The SMILES string of the molecule is C=CCOC(=O)N[C@H]1[C@@H](OCC=C)O[C@@H]2COC(c3ccccc3)O[C@H]2[C@@H]1O. The van der Waals surface area contributed by atoms with E-state index in [0.29, 0.717) is 0 Å². The summed E-state index contributed by atoms with van der Waals surface area (Å²) in [4.78, 5) is 12.0. The maximum atomic E-state index is 12.0. The van der Waals surface area contributed by atoms with Gasteiger partial charge >= 0.3 is 6.09 Å². The lowest BCUT2D eigenvalue weighted by Crippen LogP contribution is -2.66. The normalized spacial score (nSPS) is 32.0. The number of benzene rings is 1. The van der Waals surface area contributed by atoms with E-state index in [0.717, 1.165) is 5.56 Å². The molecule has 6 atom stereocenters. The van der Waals surface area contributed by atoms with Crippen molar-refractivity contribution in [1.29, 1.82) is 0 Å². The number of aliphatic hydroxyl groups excluding tert-OH is 1. The number of carbonyl (C=O) groups excluding carboxylic acids is 1. The van der Waals surface area contributed by atoms with Crippen LogP contribution in [0.4, 0.5) is 4.79 Å². The number of carbonyl (C=O) groups is 1. The molecule has 28 heavy (non-hydrogen) atoms. The second kappa shape index (κ2) is 9.81. The maximum absolute atomic E-state index is 12.0. The number of hydrogen-bond acceptors (Lipinski definition) is 7. The summed E-state index contributed by atoms with van der Waals surface area (Å²) >= 11 is 0. The van der Waals surface area contributed by atoms with E-state index in [1.807, 2.05) is 30.3 Å². The smallest absolute Gasteiger partial charge is 0.407 e. The number of amides is 1. The van der Waals surface area contributed by atoms with Gasteiger partial charge in [0.2, 0.25) is 0 Å². The highest BCUT2D eigenvalue weighted by molar-refractivity contribution is 5.67. The highest BCUT2D eigenvalue weighted by atomic mass is 16.7. The summed E-state index contributed by atoms with van der Waals surface area (Å²) in [5, 5.41) is 13.5. The Balaban J connectivity index is 1.72. The fraction of sp³-hybridized carbons (Fsp3) is 0.450. The van der Waals surface area contributed by atoms with Gasteiger partial charge in [0.05, 0.1) is 13.2 Å². The third-order valence-electron chi connectivity index (χ3n) is 4.43. The Morgan fingerprint density at radius 3 is 2.68 bits per heavy atom. The molecule has 2 saturated heterocycles. The van der Waals surface area contributed by atoms with Crippen molar-refractivity contribution in [2.24, 2.45) is 0 Å². The van der Waals surface area contributed by atoms with Crippen LogP contribution in [0.5, 0.6) is 0 Å². The lowest BCUT2D eigenvalue weighted by molar-refractivity contribution is -0.342. The third-order valence-corrected chi connectivity index (χ3v) is 4.43. The van der Waals surface area contributed by atoms with Crippen molar-refractivity contribution in [2.45, 2.75) is 36.9 Å². The van der Waals surface area contributed by atoms with Gasteiger partial charge in [-0.2, -0.15) is 0 Å². The molecular weight excluding hydrogens is 366 g/mol. The van der Waals surface area contributed by atoms with Crippen LogP contribution >= 0.6 is 0 Å². The Labute approximate surface area is 163 Å². The molecule has 0 aliphatic carbocycles. The minimum atomic E-state index is -1.10. The topological polar surface area (TPSA) is 95.5 Å². The molecule has 0 spiro atoms. The molecule has 0 bridgehead atoms. The molecule has 152 valence electrons. The van der Waals surface area contributed by atoms with Gasteiger partial charge < -0.3 is 34.1 Å². The van der Waals surface area contributed by atoms with E-state index >= 15 is 0 Å². The van der Waals surface area contributed by atoms with Crippen LogP contribution in [-0.2, 0) is 23.7 Å². The fourth-order valence-corrected chi connectivity index (χ4v) is 3.14. The molecule has 2 fully saturated rings. The van der Waals surface area contributed by atoms with Crippen LogP contribution in [0, 0.1) is 0 Å². The Bertz CT molecular complexity index is 668. The van der Waals surface area contributed by atoms with Gasteiger partial charge in [0, 0.05) is 5.56 Å². The van der Waals surface area contributed by atoms with Gasteiger partial charge in [-0.05, 0) is 0 Å². The Kier molecular flexibility index (Phi) is 7.18. The first-order valence-electron chi connectivity index (χ1n) is 9.06. The molecule has 8 heteroatoms. The van der Waals surface area contributed by atoms with Crippen LogP contribution in [-0.4, -0.2) is 61.7 Å². The van der Waals surface area contributed by atoms with Crippen molar-refractivity contribution in [3.05, 3.63) is 61.2 Å². The van der Waals surface area contributed by atoms with Crippen LogP contribution < -0.4 is 5.32 Å². The number of hydrogen-bond donors (Lipinski definition) is 2. The van der Waals surface area contributed by atoms with Gasteiger partial charge in [-0.25, -0.2) is 4.79 Å².